The van der Waals surface area contributed by atoms with Crippen molar-refractivity contribution in [3.8, 4) is 22.7 Å². The van der Waals surface area contributed by atoms with Crippen LogP contribution in [0.1, 0.15) is 84.0 Å². The Balaban J connectivity index is 1.27. The van der Waals surface area contributed by atoms with Crippen LogP contribution in [0.4, 0.5) is 0 Å². The van der Waals surface area contributed by atoms with Crippen LogP contribution in [0, 0.1) is 17.3 Å². The molecule has 1 unspecified atom stereocenters. The highest BCUT2D eigenvalue weighted by Gasteiger charge is 2.40. The molecule has 6 bridgehead atoms. The third kappa shape index (κ3) is 9.32. The first-order chi connectivity index (χ1) is 30.5. The number of nitrogens with zero attached hydrogens (tertiary/aromatic N) is 7. The standard InChI is InChI=1S/C47H61N9O8/c1-10-38(57)54-21-18-30(25-54)44(59)53(8)40(27(3)4)42(58)49-35-23-37-50-43(64-52-37)29-16-17-36-32(22-29)33(41(55(36)11-2)31-14-12-19-48-39(31)28(5)62-9)24-47(6,7)26-63-46(61)34-15-13-20-56(51-34)45(35)60/h10,12,14,16-17,19,22,27-28,30,34-35,40,51H,1,11,13,15,18,20-21,23-26H2,2-9H3,(H,49,58)/t28-,30-,34-,35-,40?/m0/s1. The number of hydrogen-bond acceptors (Lipinski definition) is 12. The first-order valence-electron chi connectivity index (χ1n) is 22.2. The van der Waals surface area contributed by atoms with Gasteiger partial charge in [0.05, 0.1) is 30.0 Å². The molecule has 1 aromatic carbocycles. The molecule has 4 amide bonds. The van der Waals surface area contributed by atoms with Crippen LogP contribution < -0.4 is 10.7 Å². The Morgan fingerprint density at radius 3 is 2.64 bits per heavy atom. The topological polar surface area (TPSA) is 194 Å². The number of fused-ring (bicyclic) bond motifs is 6. The van der Waals surface area contributed by atoms with Gasteiger partial charge in [-0.05, 0) is 87.4 Å². The van der Waals surface area contributed by atoms with Crippen LogP contribution in [-0.4, -0.2) is 123 Å². The molecule has 3 aromatic heterocycles. The number of cyclic esters (lactones) is 1. The molecule has 17 heteroatoms. The number of methoxy groups -OCH3 is 1. The maximum Gasteiger partial charge on any atom is 0.324 e. The fourth-order valence-corrected chi connectivity index (χ4v) is 9.36. The third-order valence-corrected chi connectivity index (χ3v) is 12.7. The number of nitrogens with one attached hydrogen (secondary N) is 2. The second-order valence-electron chi connectivity index (χ2n) is 18.3. The smallest absolute Gasteiger partial charge is 0.324 e. The number of likely N-dealkylation sites (N-methyl/N-ethyl adjacent to an activating group) is 1. The Labute approximate surface area is 373 Å². The van der Waals surface area contributed by atoms with Crippen LogP contribution >= 0.6 is 0 Å². The number of aromatic nitrogens is 4. The number of rotatable bonds is 10. The summed E-state index contributed by atoms with van der Waals surface area (Å²) in [6.45, 7) is 17.1. The van der Waals surface area contributed by atoms with Gasteiger partial charge in [-0.2, -0.15) is 4.98 Å². The lowest BCUT2D eigenvalue weighted by Crippen LogP contribution is -2.62. The van der Waals surface area contributed by atoms with Crippen molar-refractivity contribution >= 4 is 40.5 Å². The zero-order valence-corrected chi connectivity index (χ0v) is 38.2. The summed E-state index contributed by atoms with van der Waals surface area (Å²) < 4.78 is 20.0. The van der Waals surface area contributed by atoms with Gasteiger partial charge in [-0.15, -0.1) is 0 Å². The van der Waals surface area contributed by atoms with Crippen LogP contribution in [0.3, 0.4) is 0 Å². The van der Waals surface area contributed by atoms with E-state index in [2.05, 4.69) is 53.9 Å². The average molecular weight is 880 g/mol. The van der Waals surface area contributed by atoms with Crippen molar-refractivity contribution < 1.29 is 38.0 Å². The van der Waals surface area contributed by atoms with E-state index in [0.717, 1.165) is 33.4 Å². The number of aryl methyl sites for hydroxylation is 1. The highest BCUT2D eigenvalue weighted by Crippen LogP contribution is 2.42. The minimum absolute atomic E-state index is 0.0994. The van der Waals surface area contributed by atoms with Gasteiger partial charge in [0.2, 0.25) is 17.7 Å². The Hall–Kier alpha value is -5.94. The molecule has 7 rings (SSSR count). The lowest BCUT2D eigenvalue weighted by molar-refractivity contribution is -0.155. The summed E-state index contributed by atoms with van der Waals surface area (Å²) in [5.41, 5.74) is 7.94. The molecule has 0 saturated carbocycles. The fraction of sp³-hybridized carbons (Fsp3) is 0.532. The van der Waals surface area contributed by atoms with E-state index in [1.165, 1.54) is 16.0 Å². The predicted molar refractivity (Wildman–Crippen MR) is 238 cm³/mol. The molecule has 6 heterocycles. The third-order valence-electron chi connectivity index (χ3n) is 12.7. The van der Waals surface area contributed by atoms with Crippen LogP contribution in [0.15, 0.2) is 53.7 Å². The minimum atomic E-state index is -1.21. The second kappa shape index (κ2) is 19.0. The molecule has 0 radical (unpaired) electrons. The monoisotopic (exact) mass is 879 g/mol. The van der Waals surface area contributed by atoms with E-state index < -0.39 is 47.2 Å². The zero-order valence-electron chi connectivity index (χ0n) is 38.2. The van der Waals surface area contributed by atoms with Gasteiger partial charge in [0.25, 0.3) is 11.8 Å². The van der Waals surface area contributed by atoms with Gasteiger partial charge in [-0.25, -0.2) is 5.43 Å². The van der Waals surface area contributed by atoms with E-state index in [1.54, 1.807) is 25.3 Å². The Bertz CT molecular complexity index is 2420. The number of amides is 4. The molecule has 3 aliphatic rings. The molecule has 17 nitrogen and oxygen atoms in total. The van der Waals surface area contributed by atoms with Crippen molar-refractivity contribution in [3.63, 3.8) is 0 Å². The molecule has 3 aliphatic heterocycles. The van der Waals surface area contributed by atoms with Gasteiger partial charge < -0.3 is 33.7 Å². The van der Waals surface area contributed by atoms with Crippen LogP contribution in [0.2, 0.25) is 0 Å². The number of ether oxygens (including phenoxy) is 2. The molecule has 4 aromatic rings. The summed E-state index contributed by atoms with van der Waals surface area (Å²) in [4.78, 5) is 81.4. The van der Waals surface area contributed by atoms with Gasteiger partial charge in [-0.3, -0.25) is 34.0 Å². The molecule has 0 aliphatic carbocycles. The summed E-state index contributed by atoms with van der Waals surface area (Å²) in [6, 6.07) is 6.97. The lowest BCUT2D eigenvalue weighted by Gasteiger charge is -2.36. The number of esters is 1. The van der Waals surface area contributed by atoms with E-state index >= 15 is 0 Å². The van der Waals surface area contributed by atoms with Gasteiger partial charge in [-0.1, -0.05) is 39.4 Å². The van der Waals surface area contributed by atoms with Crippen LogP contribution in [0.25, 0.3) is 33.6 Å². The minimum Gasteiger partial charge on any atom is -0.464 e. The Morgan fingerprint density at radius 2 is 1.92 bits per heavy atom. The van der Waals surface area contributed by atoms with Crippen LogP contribution in [0.5, 0.6) is 0 Å². The summed E-state index contributed by atoms with van der Waals surface area (Å²) in [7, 11) is 3.24. The molecule has 2 fully saturated rings. The normalized spacial score (nSPS) is 21.3. The summed E-state index contributed by atoms with van der Waals surface area (Å²) >= 11 is 0. The first kappa shape index (κ1) is 46.1. The highest BCUT2D eigenvalue weighted by molar-refractivity contribution is 5.96. The Kier molecular flexibility index (Phi) is 13.7. The largest absolute Gasteiger partial charge is 0.464 e. The summed E-state index contributed by atoms with van der Waals surface area (Å²) in [5, 5.41) is 9.53. The number of carbonyl (C=O) groups is 5. The number of benzene rings is 1. The predicted octanol–water partition coefficient (Wildman–Crippen LogP) is 4.65. The molecule has 64 heavy (non-hydrogen) atoms. The molecule has 342 valence electrons. The second-order valence-corrected chi connectivity index (χ2v) is 18.3. The fourth-order valence-electron chi connectivity index (χ4n) is 9.36. The molecule has 0 spiro atoms. The van der Waals surface area contributed by atoms with E-state index in [1.807, 2.05) is 45.0 Å². The van der Waals surface area contributed by atoms with Gasteiger partial charge in [0.15, 0.2) is 5.82 Å². The van der Waals surface area contributed by atoms with E-state index in [4.69, 9.17) is 24.0 Å². The van der Waals surface area contributed by atoms with E-state index in [0.29, 0.717) is 44.3 Å². The lowest BCUT2D eigenvalue weighted by atomic mass is 9.84. The van der Waals surface area contributed by atoms with Gasteiger partial charge in [0.1, 0.15) is 18.1 Å². The number of likely N-dealkylation sites (tertiary alicyclic amines) is 1. The van der Waals surface area contributed by atoms with Crippen molar-refractivity contribution in [2.45, 2.75) is 104 Å². The van der Waals surface area contributed by atoms with E-state index in [9.17, 15) is 24.0 Å². The number of hydrazine groups is 1. The van der Waals surface area contributed by atoms with Crippen molar-refractivity contribution in [2.75, 3.05) is 40.4 Å². The van der Waals surface area contributed by atoms with Crippen molar-refractivity contribution in [1.29, 1.82) is 0 Å². The molecular formula is C47H61N9O8. The highest BCUT2D eigenvalue weighted by atomic mass is 16.5. The number of pyridine rings is 1. The molecule has 2 N–H and O–H groups in total. The molecule has 5 atom stereocenters. The van der Waals surface area contributed by atoms with Crippen molar-refractivity contribution in [2.24, 2.45) is 17.3 Å². The SMILES string of the molecule is C=CC(=O)N1CC[C@H](C(=O)N(C)C(C(=O)N[C@H]2Cc3noc(n3)-c3ccc4c(c3)c(c(-c3cccnc3[C@H](C)OC)n4CC)CC(C)(C)COC(=O)[C@@H]3CCCN(N3)C2=O)C(C)C)C1. The molecular weight excluding hydrogens is 819 g/mol. The summed E-state index contributed by atoms with van der Waals surface area (Å²) in [6.07, 6.45) is 4.49. The van der Waals surface area contributed by atoms with Gasteiger partial charge >= 0.3 is 5.97 Å². The number of hydrogen-bond donors (Lipinski definition) is 2. The maximum absolute atomic E-state index is 14.5. The number of carbonyl (C=O) groups excluding carboxylic acids is 5. The van der Waals surface area contributed by atoms with Crippen LogP contribution in [-0.2, 0) is 52.8 Å². The van der Waals surface area contributed by atoms with Crippen molar-refractivity contribution in [3.05, 3.63) is 66.3 Å². The first-order valence-corrected chi connectivity index (χ1v) is 22.2. The van der Waals surface area contributed by atoms with Crippen molar-refractivity contribution in [1.82, 2.24) is 45.2 Å². The molecule has 2 saturated heterocycles. The quantitative estimate of drug-likeness (QED) is 0.166. The van der Waals surface area contributed by atoms with Gasteiger partial charge in [0, 0.05) is 80.4 Å². The average Bonchev–Trinajstić information content (AvgIpc) is 4.05. The zero-order chi connectivity index (χ0) is 46.0. The van der Waals surface area contributed by atoms with E-state index in [-0.39, 0.29) is 61.7 Å². The summed E-state index contributed by atoms with van der Waals surface area (Å²) in [5.74, 6) is -2.51. The Morgan fingerprint density at radius 1 is 1.14 bits per heavy atom. The maximum atomic E-state index is 14.5.